The zero-order valence-corrected chi connectivity index (χ0v) is 22.7. The van der Waals surface area contributed by atoms with E-state index in [-0.39, 0.29) is 30.9 Å². The lowest BCUT2D eigenvalue weighted by Crippen LogP contribution is -2.42. The summed E-state index contributed by atoms with van der Waals surface area (Å²) in [4.78, 5) is 26.4. The first-order valence-electron chi connectivity index (χ1n) is 11.3. The van der Waals surface area contributed by atoms with Crippen molar-refractivity contribution in [2.45, 2.75) is 19.9 Å². The lowest BCUT2D eigenvalue weighted by Gasteiger charge is -2.27. The fourth-order valence-electron chi connectivity index (χ4n) is 4.17. The predicted molar refractivity (Wildman–Crippen MR) is 134 cm³/mol. The van der Waals surface area contributed by atoms with E-state index < -0.39 is 74.6 Å². The maximum absolute atomic E-state index is 15.6. The predicted octanol–water partition coefficient (Wildman–Crippen LogP) is 1.63. The molecule has 2 amide bonds. The number of nitrogens with zero attached hydrogens (tertiary/aromatic N) is 3. The molecular formula is C22H28F2N4O8S2. The van der Waals surface area contributed by atoms with Crippen LogP contribution in [0.4, 0.5) is 25.0 Å². The number of carbonyl (C=O) groups excluding carboxylic acids is 2. The van der Waals surface area contributed by atoms with Crippen LogP contribution in [-0.2, 0) is 37.0 Å². The number of aromatic nitrogens is 1. The highest BCUT2D eigenvalue weighted by Gasteiger charge is 2.43. The summed E-state index contributed by atoms with van der Waals surface area (Å²) in [6, 6.07) is 2.65. The second kappa shape index (κ2) is 11.7. The number of thiol groups is 1. The summed E-state index contributed by atoms with van der Waals surface area (Å²) in [7, 11) is -6.11. The second-order valence-electron chi connectivity index (χ2n) is 8.71. The number of benzene rings is 1. The number of ether oxygens (including phenoxy) is 1. The van der Waals surface area contributed by atoms with E-state index in [2.05, 4.69) is 5.32 Å². The number of likely N-dealkylation sites (tertiary alicyclic amines) is 1. The molecule has 0 aliphatic carbocycles. The monoisotopic (exact) mass is 578 g/mol. The van der Waals surface area contributed by atoms with E-state index >= 15 is 4.39 Å². The SMILES string of the molecule is CCOC(=O)N1CC(COS(C)(=O)=O)C(N(c2cn(C)c(C(=O)Nc3ccc(F)c(C)c3)c2F)[SH](=O)=O)C1. The van der Waals surface area contributed by atoms with Crippen LogP contribution in [0.3, 0.4) is 0 Å². The summed E-state index contributed by atoms with van der Waals surface area (Å²) in [6.07, 6.45) is 1.15. The van der Waals surface area contributed by atoms with E-state index in [0.717, 1.165) is 23.1 Å². The molecule has 1 saturated heterocycles. The first-order chi connectivity index (χ1) is 17.7. The van der Waals surface area contributed by atoms with Crippen molar-refractivity contribution in [2.24, 2.45) is 13.0 Å². The van der Waals surface area contributed by atoms with Gasteiger partial charge in [0.2, 0.25) is 10.9 Å². The minimum Gasteiger partial charge on any atom is -0.450 e. The Morgan fingerprint density at radius 2 is 1.92 bits per heavy atom. The molecule has 1 N–H and O–H groups in total. The van der Waals surface area contributed by atoms with Gasteiger partial charge >= 0.3 is 6.09 Å². The first-order valence-corrected chi connectivity index (χ1v) is 14.3. The summed E-state index contributed by atoms with van der Waals surface area (Å²) in [6.45, 7) is 2.26. The molecule has 38 heavy (non-hydrogen) atoms. The van der Waals surface area contributed by atoms with Crippen molar-refractivity contribution in [1.29, 1.82) is 0 Å². The van der Waals surface area contributed by atoms with E-state index in [1.165, 1.54) is 31.0 Å². The molecule has 1 aliphatic heterocycles. The summed E-state index contributed by atoms with van der Waals surface area (Å²) >= 11 is 0. The van der Waals surface area contributed by atoms with Gasteiger partial charge < -0.3 is 19.5 Å². The van der Waals surface area contributed by atoms with Gasteiger partial charge in [-0.3, -0.25) is 13.3 Å². The summed E-state index contributed by atoms with van der Waals surface area (Å²) in [5.74, 6) is -3.45. The molecule has 2 aromatic rings. The Hall–Kier alpha value is -3.24. The van der Waals surface area contributed by atoms with Crippen molar-refractivity contribution in [2.75, 3.05) is 42.2 Å². The fourth-order valence-corrected chi connectivity index (χ4v) is 5.41. The Labute approximate surface area is 220 Å². The molecule has 210 valence electrons. The molecule has 2 unspecified atom stereocenters. The number of amides is 2. The van der Waals surface area contributed by atoms with E-state index in [4.69, 9.17) is 8.92 Å². The molecule has 0 radical (unpaired) electrons. The third-order valence-electron chi connectivity index (χ3n) is 5.90. The molecule has 0 bridgehead atoms. The number of aryl methyl sites for hydroxylation is 2. The molecule has 1 aromatic heterocycles. The van der Waals surface area contributed by atoms with Crippen LogP contribution in [-0.4, -0.2) is 76.9 Å². The topological polar surface area (TPSA) is 144 Å². The van der Waals surface area contributed by atoms with Crippen molar-refractivity contribution < 1.29 is 44.1 Å². The Bertz CT molecular complexity index is 1400. The van der Waals surface area contributed by atoms with Gasteiger partial charge in [0.1, 0.15) is 17.2 Å². The van der Waals surface area contributed by atoms with Crippen LogP contribution >= 0.6 is 0 Å². The molecule has 1 fully saturated rings. The summed E-state index contributed by atoms with van der Waals surface area (Å²) in [5, 5.41) is 2.45. The van der Waals surface area contributed by atoms with Crippen LogP contribution in [0.2, 0.25) is 0 Å². The van der Waals surface area contributed by atoms with Gasteiger partial charge in [-0.2, -0.15) is 8.42 Å². The zero-order valence-electron chi connectivity index (χ0n) is 21.0. The molecular weight excluding hydrogens is 550 g/mol. The van der Waals surface area contributed by atoms with Gasteiger partial charge in [0.25, 0.3) is 16.0 Å². The van der Waals surface area contributed by atoms with Gasteiger partial charge in [-0.25, -0.2) is 22.0 Å². The molecule has 2 atom stereocenters. The number of nitrogens with one attached hydrogen (secondary N) is 1. The summed E-state index contributed by atoms with van der Waals surface area (Å²) < 4.78 is 88.7. The minimum atomic E-state index is -3.91. The molecule has 16 heteroatoms. The van der Waals surface area contributed by atoms with Crippen molar-refractivity contribution in [1.82, 2.24) is 9.47 Å². The van der Waals surface area contributed by atoms with E-state index in [0.29, 0.717) is 4.31 Å². The van der Waals surface area contributed by atoms with Crippen LogP contribution in [0.15, 0.2) is 24.4 Å². The van der Waals surface area contributed by atoms with Gasteiger partial charge in [0.15, 0.2) is 5.82 Å². The maximum atomic E-state index is 15.6. The van der Waals surface area contributed by atoms with Crippen LogP contribution in [0.5, 0.6) is 0 Å². The third kappa shape index (κ3) is 6.60. The molecule has 12 nitrogen and oxygen atoms in total. The van der Waals surface area contributed by atoms with Crippen molar-refractivity contribution in [3.05, 3.63) is 47.3 Å². The van der Waals surface area contributed by atoms with Gasteiger partial charge in [-0.1, -0.05) is 0 Å². The fraction of sp³-hybridized carbons (Fsp3) is 0.455. The lowest BCUT2D eigenvalue weighted by atomic mass is 10.1. The number of hydrogen-bond donors (Lipinski definition) is 2. The van der Waals surface area contributed by atoms with Gasteiger partial charge in [0, 0.05) is 37.9 Å². The molecule has 0 saturated carbocycles. The van der Waals surface area contributed by atoms with Crippen LogP contribution in [0, 0.1) is 24.5 Å². The lowest BCUT2D eigenvalue weighted by molar-refractivity contribution is 0.101. The average molecular weight is 579 g/mol. The van der Waals surface area contributed by atoms with E-state index in [1.807, 2.05) is 0 Å². The average Bonchev–Trinajstić information content (AvgIpc) is 3.35. The largest absolute Gasteiger partial charge is 0.450 e. The Morgan fingerprint density at radius 3 is 2.50 bits per heavy atom. The molecule has 2 heterocycles. The van der Waals surface area contributed by atoms with E-state index in [9.17, 15) is 30.8 Å². The van der Waals surface area contributed by atoms with Crippen molar-refractivity contribution in [3.63, 3.8) is 0 Å². The van der Waals surface area contributed by atoms with E-state index in [1.54, 1.807) is 6.92 Å². The van der Waals surface area contributed by atoms with Crippen molar-refractivity contribution in [3.8, 4) is 0 Å². The molecule has 0 spiro atoms. The highest BCUT2D eigenvalue weighted by atomic mass is 32.2. The van der Waals surface area contributed by atoms with Crippen LogP contribution in [0.25, 0.3) is 0 Å². The maximum Gasteiger partial charge on any atom is 0.409 e. The third-order valence-corrected chi connectivity index (χ3v) is 7.33. The zero-order chi connectivity index (χ0) is 28.4. The van der Waals surface area contributed by atoms with Gasteiger partial charge in [-0.05, 0) is 37.6 Å². The molecule has 1 aliphatic rings. The summed E-state index contributed by atoms with van der Waals surface area (Å²) in [5.41, 5.74) is -0.543. The Morgan fingerprint density at radius 1 is 1.24 bits per heavy atom. The Balaban J connectivity index is 1.97. The first kappa shape index (κ1) is 29.3. The number of halogens is 2. The van der Waals surface area contributed by atoms with Crippen molar-refractivity contribution >= 4 is 44.4 Å². The van der Waals surface area contributed by atoms with Gasteiger partial charge in [-0.15, -0.1) is 0 Å². The number of carbonyl (C=O) groups is 2. The Kier molecular flexibility index (Phi) is 8.99. The second-order valence-corrected chi connectivity index (χ2v) is 11.3. The van der Waals surface area contributed by atoms with Gasteiger partial charge in [0.05, 0.1) is 25.5 Å². The number of rotatable bonds is 9. The number of hydrogen-bond acceptors (Lipinski definition) is 8. The quantitative estimate of drug-likeness (QED) is 0.338. The molecule has 1 aromatic carbocycles. The minimum absolute atomic E-state index is 0.0450. The standard InChI is InChI=1S/C22H28F2N4O8S2/c1-5-35-22(30)27-9-14(12-36-38(4,33)34)17(11-27)28(37(31)32)18-10-26(3)20(19(18)24)21(29)25-15-6-7-16(23)13(2)8-15/h6-8,10,14,17,37H,5,9,11-12H2,1-4H3,(H,25,29). The smallest absolute Gasteiger partial charge is 0.409 e. The normalized spacial score (nSPS) is 17.6. The highest BCUT2D eigenvalue weighted by Crippen LogP contribution is 2.32. The molecule has 3 rings (SSSR count). The number of anilines is 2. The van der Waals surface area contributed by atoms with Crippen LogP contribution < -0.4 is 9.62 Å². The van der Waals surface area contributed by atoms with Crippen LogP contribution in [0.1, 0.15) is 23.0 Å². The highest BCUT2D eigenvalue weighted by molar-refractivity contribution is 7.86.